The van der Waals surface area contributed by atoms with Gasteiger partial charge in [-0.15, -0.1) is 0 Å². The van der Waals surface area contributed by atoms with E-state index in [4.69, 9.17) is 16.3 Å². The molecule has 0 saturated heterocycles. The van der Waals surface area contributed by atoms with E-state index < -0.39 is 11.8 Å². The van der Waals surface area contributed by atoms with E-state index in [1.54, 1.807) is 19.9 Å². The summed E-state index contributed by atoms with van der Waals surface area (Å²) in [6.45, 7) is 3.71. The molecule has 2 rings (SSSR count). The number of hydrogen-bond donors (Lipinski definition) is 0. The Kier molecular flexibility index (Phi) is 3.48. The van der Waals surface area contributed by atoms with Gasteiger partial charge in [-0.2, -0.15) is 0 Å². The lowest BCUT2D eigenvalue weighted by atomic mass is 10.1. The van der Waals surface area contributed by atoms with Crippen LogP contribution in [0.2, 0.25) is 5.02 Å². The van der Waals surface area contributed by atoms with Crippen LogP contribution in [0.4, 0.5) is 4.39 Å². The second-order valence-corrected chi connectivity index (χ2v) is 4.17. The number of halogens is 2. The third kappa shape index (κ3) is 2.04. The maximum Gasteiger partial charge on any atom is 0.341 e. The molecular formula is C13H11ClFNO2. The van der Waals surface area contributed by atoms with Gasteiger partial charge in [0, 0.05) is 6.20 Å². The van der Waals surface area contributed by atoms with Gasteiger partial charge < -0.3 is 4.74 Å². The summed E-state index contributed by atoms with van der Waals surface area (Å²) in [6, 6.07) is 2.92. The van der Waals surface area contributed by atoms with Crippen LogP contribution < -0.4 is 0 Å². The molecule has 94 valence electrons. The number of fused-ring (bicyclic) bond motifs is 1. The maximum absolute atomic E-state index is 13.8. The van der Waals surface area contributed by atoms with Crippen LogP contribution in [0, 0.1) is 12.7 Å². The molecule has 3 nitrogen and oxygen atoms in total. The quantitative estimate of drug-likeness (QED) is 0.782. The second-order valence-electron chi connectivity index (χ2n) is 3.79. The zero-order chi connectivity index (χ0) is 13.3. The van der Waals surface area contributed by atoms with Crippen molar-refractivity contribution >= 4 is 28.5 Å². The minimum Gasteiger partial charge on any atom is -0.462 e. The zero-order valence-electron chi connectivity index (χ0n) is 9.96. The van der Waals surface area contributed by atoms with Crippen LogP contribution in [0.3, 0.4) is 0 Å². The number of carbonyl (C=O) groups excluding carboxylic acids is 1. The van der Waals surface area contributed by atoms with E-state index in [1.165, 1.54) is 12.3 Å². The summed E-state index contributed by atoms with van der Waals surface area (Å²) in [5, 5.41) is 0.196. The summed E-state index contributed by atoms with van der Waals surface area (Å²) < 4.78 is 18.6. The highest BCUT2D eigenvalue weighted by Gasteiger charge is 2.18. The normalized spacial score (nSPS) is 10.7. The first-order valence-corrected chi connectivity index (χ1v) is 5.84. The van der Waals surface area contributed by atoms with Gasteiger partial charge in [0.2, 0.25) is 0 Å². The number of hydrogen-bond acceptors (Lipinski definition) is 3. The van der Waals surface area contributed by atoms with E-state index >= 15 is 0 Å². The van der Waals surface area contributed by atoms with Gasteiger partial charge in [0.15, 0.2) is 0 Å². The predicted molar refractivity (Wildman–Crippen MR) is 67.4 cm³/mol. The molecule has 0 spiro atoms. The third-order valence-corrected chi connectivity index (χ3v) is 3.00. The number of ether oxygens (including phenoxy) is 1. The average Bonchev–Trinajstić information content (AvgIpc) is 2.34. The molecule has 5 heteroatoms. The standard InChI is InChI=1S/C13H11ClFNO2/c1-3-18-13(17)8-6-16-12-7(2)4-5-9(15)10(12)11(8)14/h4-6H,3H2,1-2H3. The molecule has 0 amide bonds. The first kappa shape index (κ1) is 12.8. The number of esters is 1. The Morgan fingerprint density at radius 2 is 2.22 bits per heavy atom. The molecule has 0 atom stereocenters. The Balaban J connectivity index is 2.71. The van der Waals surface area contributed by atoms with E-state index in [9.17, 15) is 9.18 Å². The molecule has 1 heterocycles. The van der Waals surface area contributed by atoms with Crippen molar-refractivity contribution < 1.29 is 13.9 Å². The third-order valence-electron chi connectivity index (χ3n) is 2.60. The Morgan fingerprint density at radius 1 is 1.50 bits per heavy atom. The number of aromatic nitrogens is 1. The van der Waals surface area contributed by atoms with Crippen LogP contribution in [-0.2, 0) is 4.74 Å². The van der Waals surface area contributed by atoms with Crippen molar-refractivity contribution in [1.82, 2.24) is 4.98 Å². The fourth-order valence-electron chi connectivity index (χ4n) is 1.72. The van der Waals surface area contributed by atoms with Gasteiger partial charge in [0.05, 0.1) is 28.1 Å². The Bertz CT molecular complexity index is 628. The fourth-order valence-corrected chi connectivity index (χ4v) is 2.02. The molecule has 1 aromatic heterocycles. The van der Waals surface area contributed by atoms with Gasteiger partial charge in [0.25, 0.3) is 0 Å². The van der Waals surface area contributed by atoms with Crippen LogP contribution in [0.15, 0.2) is 18.3 Å². The molecule has 0 bridgehead atoms. The number of pyridine rings is 1. The van der Waals surface area contributed by atoms with Gasteiger partial charge >= 0.3 is 5.97 Å². The van der Waals surface area contributed by atoms with Crippen molar-refractivity contribution in [2.45, 2.75) is 13.8 Å². The van der Waals surface area contributed by atoms with Crippen molar-refractivity contribution in [2.75, 3.05) is 6.61 Å². The maximum atomic E-state index is 13.8. The van der Waals surface area contributed by atoms with Crippen molar-refractivity contribution in [3.8, 4) is 0 Å². The molecule has 0 N–H and O–H groups in total. The molecule has 0 fully saturated rings. The average molecular weight is 268 g/mol. The van der Waals surface area contributed by atoms with Gasteiger partial charge in [-0.1, -0.05) is 17.7 Å². The monoisotopic (exact) mass is 267 g/mol. The van der Waals surface area contributed by atoms with E-state index in [-0.39, 0.29) is 22.6 Å². The van der Waals surface area contributed by atoms with Gasteiger partial charge in [-0.05, 0) is 25.5 Å². The minimum absolute atomic E-state index is 0.0413. The first-order chi connectivity index (χ1) is 8.56. The van der Waals surface area contributed by atoms with Gasteiger partial charge in [-0.25, -0.2) is 9.18 Å². The van der Waals surface area contributed by atoms with Crippen LogP contribution in [-0.4, -0.2) is 17.6 Å². The number of nitrogens with zero attached hydrogens (tertiary/aromatic N) is 1. The summed E-state index contributed by atoms with van der Waals surface area (Å²) in [6.07, 6.45) is 1.31. The largest absolute Gasteiger partial charge is 0.462 e. The topological polar surface area (TPSA) is 39.2 Å². The van der Waals surface area contributed by atoms with Crippen LogP contribution in [0.1, 0.15) is 22.8 Å². The molecular weight excluding hydrogens is 257 g/mol. The Morgan fingerprint density at radius 3 is 2.89 bits per heavy atom. The van der Waals surface area contributed by atoms with Crippen molar-refractivity contribution in [2.24, 2.45) is 0 Å². The highest BCUT2D eigenvalue weighted by atomic mass is 35.5. The lowest BCUT2D eigenvalue weighted by molar-refractivity contribution is 0.0526. The lowest BCUT2D eigenvalue weighted by Crippen LogP contribution is -2.07. The Labute approximate surface area is 109 Å². The SMILES string of the molecule is CCOC(=O)c1cnc2c(C)ccc(F)c2c1Cl. The van der Waals surface area contributed by atoms with E-state index in [0.29, 0.717) is 5.52 Å². The minimum atomic E-state index is -0.599. The second kappa shape index (κ2) is 4.90. The summed E-state index contributed by atoms with van der Waals surface area (Å²) in [5.74, 6) is -1.10. The highest BCUT2D eigenvalue weighted by molar-refractivity contribution is 6.38. The zero-order valence-corrected chi connectivity index (χ0v) is 10.7. The summed E-state index contributed by atoms with van der Waals surface area (Å²) >= 11 is 6.07. The van der Waals surface area contributed by atoms with Gasteiger partial charge in [-0.3, -0.25) is 4.98 Å². The van der Waals surface area contributed by atoms with Crippen LogP contribution in [0.25, 0.3) is 10.9 Å². The molecule has 2 aromatic rings. The Hall–Kier alpha value is -1.68. The molecule has 0 aliphatic carbocycles. The molecule has 0 radical (unpaired) electrons. The number of carbonyl (C=O) groups is 1. The van der Waals surface area contributed by atoms with Crippen molar-refractivity contribution in [3.63, 3.8) is 0 Å². The first-order valence-electron chi connectivity index (χ1n) is 5.46. The lowest BCUT2D eigenvalue weighted by Gasteiger charge is -2.08. The summed E-state index contributed by atoms with van der Waals surface area (Å²) in [5.41, 5.74) is 1.33. The molecule has 0 saturated carbocycles. The van der Waals surface area contributed by atoms with Crippen LogP contribution >= 0.6 is 11.6 Å². The molecule has 0 aliphatic rings. The predicted octanol–water partition coefficient (Wildman–Crippen LogP) is 3.51. The van der Waals surface area contributed by atoms with E-state index in [0.717, 1.165) is 5.56 Å². The highest BCUT2D eigenvalue weighted by Crippen LogP contribution is 2.30. The number of benzene rings is 1. The summed E-state index contributed by atoms with van der Waals surface area (Å²) in [4.78, 5) is 15.7. The molecule has 1 aromatic carbocycles. The van der Waals surface area contributed by atoms with E-state index in [2.05, 4.69) is 4.98 Å². The fraction of sp³-hybridized carbons (Fsp3) is 0.231. The van der Waals surface area contributed by atoms with Crippen LogP contribution in [0.5, 0.6) is 0 Å². The molecule has 18 heavy (non-hydrogen) atoms. The number of rotatable bonds is 2. The molecule has 0 unspecified atom stereocenters. The van der Waals surface area contributed by atoms with Crippen molar-refractivity contribution in [3.05, 3.63) is 40.3 Å². The van der Waals surface area contributed by atoms with Crippen molar-refractivity contribution in [1.29, 1.82) is 0 Å². The van der Waals surface area contributed by atoms with Gasteiger partial charge in [0.1, 0.15) is 5.82 Å². The molecule has 0 aliphatic heterocycles. The number of aryl methyl sites for hydroxylation is 1. The smallest absolute Gasteiger partial charge is 0.341 e. The van der Waals surface area contributed by atoms with E-state index in [1.807, 2.05) is 0 Å². The summed E-state index contributed by atoms with van der Waals surface area (Å²) in [7, 11) is 0.